The standard InChI is InChI=1S/C19H16BrF3N4O/c1-11-8-24-18(20)26-17(11)28-10-12-2-4-13(5-3-12)16-25-15(19(21,22)23)9-27(16)14-6-7-14/h2-5,8-9,14H,6-7,10H2,1H3. The van der Waals surface area contributed by atoms with E-state index in [-0.39, 0.29) is 12.6 Å². The van der Waals surface area contributed by atoms with Crippen molar-refractivity contribution in [2.45, 2.75) is 38.6 Å². The summed E-state index contributed by atoms with van der Waals surface area (Å²) in [5, 5.41) is 0. The Hall–Kier alpha value is -2.42. The Balaban J connectivity index is 1.53. The molecule has 3 aromatic rings. The molecule has 4 rings (SSSR count). The summed E-state index contributed by atoms with van der Waals surface area (Å²) >= 11 is 3.21. The van der Waals surface area contributed by atoms with Crippen molar-refractivity contribution in [2.24, 2.45) is 0 Å². The molecule has 0 atom stereocenters. The topological polar surface area (TPSA) is 52.8 Å². The van der Waals surface area contributed by atoms with E-state index in [9.17, 15) is 13.2 Å². The Kier molecular flexibility index (Phi) is 4.86. The van der Waals surface area contributed by atoms with Crippen LogP contribution in [0.1, 0.15) is 35.7 Å². The van der Waals surface area contributed by atoms with Crippen LogP contribution in [0.2, 0.25) is 0 Å². The lowest BCUT2D eigenvalue weighted by molar-refractivity contribution is -0.140. The number of ether oxygens (including phenoxy) is 1. The SMILES string of the molecule is Cc1cnc(Br)nc1OCc1ccc(-c2nc(C(F)(F)F)cn2C2CC2)cc1. The molecule has 0 saturated heterocycles. The van der Waals surface area contributed by atoms with E-state index in [0.717, 1.165) is 30.2 Å². The molecule has 2 aromatic heterocycles. The average molecular weight is 453 g/mol. The van der Waals surface area contributed by atoms with Gasteiger partial charge in [0.2, 0.25) is 5.88 Å². The predicted molar refractivity (Wildman–Crippen MR) is 99.7 cm³/mol. The minimum Gasteiger partial charge on any atom is -0.473 e. The van der Waals surface area contributed by atoms with Gasteiger partial charge in [0.25, 0.3) is 0 Å². The van der Waals surface area contributed by atoms with E-state index in [1.165, 1.54) is 0 Å². The van der Waals surface area contributed by atoms with Crippen LogP contribution in [0.5, 0.6) is 5.88 Å². The van der Waals surface area contributed by atoms with Crippen LogP contribution in [0.3, 0.4) is 0 Å². The maximum absolute atomic E-state index is 13.1. The molecule has 28 heavy (non-hydrogen) atoms. The zero-order valence-electron chi connectivity index (χ0n) is 14.9. The molecule has 1 aromatic carbocycles. The summed E-state index contributed by atoms with van der Waals surface area (Å²) in [7, 11) is 0. The number of halogens is 4. The van der Waals surface area contributed by atoms with Gasteiger partial charge in [-0.25, -0.2) is 9.97 Å². The van der Waals surface area contributed by atoms with Gasteiger partial charge in [0.15, 0.2) is 10.4 Å². The van der Waals surface area contributed by atoms with Crippen LogP contribution in [0.4, 0.5) is 13.2 Å². The summed E-state index contributed by atoms with van der Waals surface area (Å²) in [5.41, 5.74) is 1.48. The normalized spacial score (nSPS) is 14.3. The van der Waals surface area contributed by atoms with Gasteiger partial charge in [-0.1, -0.05) is 24.3 Å². The van der Waals surface area contributed by atoms with Gasteiger partial charge < -0.3 is 9.30 Å². The van der Waals surface area contributed by atoms with Crippen molar-refractivity contribution in [2.75, 3.05) is 0 Å². The fraction of sp³-hybridized carbons (Fsp3) is 0.316. The van der Waals surface area contributed by atoms with Gasteiger partial charge in [-0.15, -0.1) is 0 Å². The summed E-state index contributed by atoms with van der Waals surface area (Å²) in [4.78, 5) is 12.0. The lowest BCUT2D eigenvalue weighted by Gasteiger charge is -2.09. The number of aromatic nitrogens is 4. The third kappa shape index (κ3) is 4.04. The Morgan fingerprint density at radius 2 is 1.89 bits per heavy atom. The van der Waals surface area contributed by atoms with Gasteiger partial charge in [-0.05, 0) is 41.3 Å². The monoisotopic (exact) mass is 452 g/mol. The van der Waals surface area contributed by atoms with Crippen LogP contribution >= 0.6 is 15.9 Å². The molecule has 0 aliphatic heterocycles. The number of imidazole rings is 1. The highest BCUT2D eigenvalue weighted by Crippen LogP contribution is 2.40. The molecule has 0 spiro atoms. The molecule has 0 radical (unpaired) electrons. The van der Waals surface area contributed by atoms with E-state index in [4.69, 9.17) is 4.74 Å². The largest absolute Gasteiger partial charge is 0.473 e. The van der Waals surface area contributed by atoms with E-state index in [2.05, 4.69) is 30.9 Å². The molecule has 0 N–H and O–H groups in total. The van der Waals surface area contributed by atoms with Crippen molar-refractivity contribution in [3.05, 3.63) is 58.2 Å². The van der Waals surface area contributed by atoms with Gasteiger partial charge in [0.1, 0.15) is 12.4 Å². The second kappa shape index (κ2) is 7.20. The molecule has 1 saturated carbocycles. The maximum Gasteiger partial charge on any atom is 0.434 e. The molecule has 5 nitrogen and oxygen atoms in total. The summed E-state index contributed by atoms with van der Waals surface area (Å²) in [6.07, 6.45) is 0.0679. The Labute approximate surface area is 167 Å². The highest BCUT2D eigenvalue weighted by molar-refractivity contribution is 9.10. The number of benzene rings is 1. The molecule has 1 aliphatic rings. The fourth-order valence-corrected chi connectivity index (χ4v) is 3.09. The van der Waals surface area contributed by atoms with Crippen molar-refractivity contribution in [1.29, 1.82) is 0 Å². The van der Waals surface area contributed by atoms with Crippen LogP contribution in [0, 0.1) is 6.92 Å². The number of aryl methyl sites for hydroxylation is 1. The molecule has 0 unspecified atom stereocenters. The number of nitrogens with zero attached hydrogens (tertiary/aromatic N) is 4. The van der Waals surface area contributed by atoms with E-state index >= 15 is 0 Å². The first-order valence-corrected chi connectivity index (χ1v) is 9.48. The van der Waals surface area contributed by atoms with Gasteiger partial charge in [-0.3, -0.25) is 0 Å². The molecule has 1 fully saturated rings. The van der Waals surface area contributed by atoms with Crippen LogP contribution in [0.15, 0.2) is 41.4 Å². The summed E-state index contributed by atoms with van der Waals surface area (Å²) in [6, 6.07) is 7.27. The molecular weight excluding hydrogens is 437 g/mol. The average Bonchev–Trinajstić information content (AvgIpc) is 3.40. The number of hydrogen-bond acceptors (Lipinski definition) is 4. The zero-order chi connectivity index (χ0) is 19.9. The lowest BCUT2D eigenvalue weighted by atomic mass is 10.1. The second-order valence-electron chi connectivity index (χ2n) is 6.70. The Morgan fingerprint density at radius 3 is 2.54 bits per heavy atom. The molecule has 1 aliphatic carbocycles. The van der Waals surface area contributed by atoms with Crippen molar-refractivity contribution in [1.82, 2.24) is 19.5 Å². The highest BCUT2D eigenvalue weighted by atomic mass is 79.9. The second-order valence-corrected chi connectivity index (χ2v) is 7.41. The fourth-order valence-electron chi connectivity index (χ4n) is 2.83. The first kappa shape index (κ1) is 18.9. The van der Waals surface area contributed by atoms with Crippen molar-refractivity contribution >= 4 is 15.9 Å². The lowest BCUT2D eigenvalue weighted by Crippen LogP contribution is -2.05. The van der Waals surface area contributed by atoms with Crippen LogP contribution < -0.4 is 4.74 Å². The quantitative estimate of drug-likeness (QED) is 0.490. The smallest absolute Gasteiger partial charge is 0.434 e. The van der Waals surface area contributed by atoms with Crippen molar-refractivity contribution in [3.8, 4) is 17.3 Å². The van der Waals surface area contributed by atoms with Crippen LogP contribution in [-0.2, 0) is 12.8 Å². The predicted octanol–water partition coefficient (Wildman–Crippen LogP) is 5.34. The van der Waals surface area contributed by atoms with Crippen LogP contribution in [-0.4, -0.2) is 19.5 Å². The minimum absolute atomic E-state index is 0.0980. The summed E-state index contributed by atoms with van der Waals surface area (Å²) in [5.74, 6) is 0.822. The third-order valence-electron chi connectivity index (χ3n) is 4.45. The number of alkyl halides is 3. The Bertz CT molecular complexity index is 997. The van der Waals surface area contributed by atoms with Gasteiger partial charge in [0.05, 0.1) is 0 Å². The number of rotatable bonds is 5. The minimum atomic E-state index is -4.45. The summed E-state index contributed by atoms with van der Waals surface area (Å²) < 4.78 is 47.0. The van der Waals surface area contributed by atoms with E-state index in [1.807, 2.05) is 19.1 Å². The Morgan fingerprint density at radius 1 is 1.18 bits per heavy atom. The molecule has 9 heteroatoms. The molecule has 2 heterocycles. The van der Waals surface area contributed by atoms with Gasteiger partial charge >= 0.3 is 6.18 Å². The molecular formula is C19H16BrF3N4O. The van der Waals surface area contributed by atoms with Gasteiger partial charge in [-0.2, -0.15) is 18.2 Å². The first-order chi connectivity index (χ1) is 13.3. The summed E-state index contributed by atoms with van der Waals surface area (Å²) in [6.45, 7) is 2.14. The highest BCUT2D eigenvalue weighted by Gasteiger charge is 2.37. The number of hydrogen-bond donors (Lipinski definition) is 0. The van der Waals surface area contributed by atoms with Crippen molar-refractivity contribution < 1.29 is 17.9 Å². The molecule has 0 amide bonds. The molecule has 146 valence electrons. The maximum atomic E-state index is 13.1. The van der Waals surface area contributed by atoms with E-state index in [0.29, 0.717) is 22.0 Å². The van der Waals surface area contributed by atoms with E-state index in [1.54, 1.807) is 22.9 Å². The molecule has 0 bridgehead atoms. The zero-order valence-corrected chi connectivity index (χ0v) is 16.5. The first-order valence-electron chi connectivity index (χ1n) is 8.68. The van der Waals surface area contributed by atoms with Crippen LogP contribution in [0.25, 0.3) is 11.4 Å². The van der Waals surface area contributed by atoms with Crippen molar-refractivity contribution in [3.63, 3.8) is 0 Å². The van der Waals surface area contributed by atoms with E-state index < -0.39 is 11.9 Å². The van der Waals surface area contributed by atoms with Gasteiger partial charge in [0, 0.05) is 29.6 Å². The third-order valence-corrected chi connectivity index (χ3v) is 4.83.